The topological polar surface area (TPSA) is 66.0 Å². The number of aromatic nitrogens is 2. The van der Waals surface area contributed by atoms with Crippen molar-refractivity contribution >= 4 is 17.0 Å². The summed E-state index contributed by atoms with van der Waals surface area (Å²) in [5.74, 6) is -6.48. The van der Waals surface area contributed by atoms with Crippen LogP contribution in [0.3, 0.4) is 0 Å². The van der Waals surface area contributed by atoms with Gasteiger partial charge in [0.25, 0.3) is 0 Å². The van der Waals surface area contributed by atoms with Crippen molar-refractivity contribution in [3.63, 3.8) is 0 Å². The second-order valence-electron chi connectivity index (χ2n) is 3.95. The van der Waals surface area contributed by atoms with Crippen molar-refractivity contribution in [1.82, 2.24) is 9.97 Å². The smallest absolute Gasteiger partial charge is 0.338 e. The Bertz CT molecular complexity index is 757. The minimum Gasteiger partial charge on any atom is -0.478 e. The van der Waals surface area contributed by atoms with Crippen LogP contribution in [0.1, 0.15) is 10.4 Å². The van der Waals surface area contributed by atoms with Crippen LogP contribution < -0.4 is 0 Å². The van der Waals surface area contributed by atoms with E-state index in [-0.39, 0.29) is 0 Å². The van der Waals surface area contributed by atoms with Crippen LogP contribution in [-0.2, 0) is 0 Å². The van der Waals surface area contributed by atoms with E-state index < -0.39 is 29.0 Å². The van der Waals surface area contributed by atoms with E-state index in [0.29, 0.717) is 12.1 Å². The molecule has 3 rings (SSSR count). The molecule has 0 atom stereocenters. The Morgan fingerprint density at radius 3 is 2.43 bits per heavy atom. The lowest BCUT2D eigenvalue weighted by Crippen LogP contribution is -2.04. The first kappa shape index (κ1) is 14.6. The van der Waals surface area contributed by atoms with E-state index >= 15 is 0 Å². The van der Waals surface area contributed by atoms with Gasteiger partial charge in [0.15, 0.2) is 17.5 Å². The Morgan fingerprint density at radius 1 is 1.05 bits per heavy atom. The molecule has 0 saturated carbocycles. The van der Waals surface area contributed by atoms with E-state index in [1.54, 1.807) is 6.33 Å². The van der Waals surface area contributed by atoms with Crippen LogP contribution >= 0.6 is 0 Å². The summed E-state index contributed by atoms with van der Waals surface area (Å²) in [6.45, 7) is 0. The van der Waals surface area contributed by atoms with Crippen molar-refractivity contribution in [2.45, 2.75) is 0 Å². The monoisotopic (exact) mass is 294 g/mol. The number of H-pyrrole nitrogens is 1. The highest BCUT2D eigenvalue weighted by Gasteiger charge is 2.17. The molecule has 1 aromatic heterocycles. The van der Waals surface area contributed by atoms with Crippen molar-refractivity contribution < 1.29 is 23.1 Å². The Hall–Kier alpha value is -2.83. The molecule has 0 saturated heterocycles. The zero-order chi connectivity index (χ0) is 15.4. The average molecular weight is 294 g/mol. The minimum atomic E-state index is -1.77. The molecule has 21 heavy (non-hydrogen) atoms. The molecule has 7 heteroatoms. The number of para-hydroxylation sites is 2. The van der Waals surface area contributed by atoms with Crippen LogP contribution in [0.5, 0.6) is 0 Å². The molecule has 0 unspecified atom stereocenters. The number of aromatic amines is 1. The number of imidazole rings is 1. The molecule has 0 bridgehead atoms. The maximum absolute atomic E-state index is 12.5. The molecule has 0 amide bonds. The van der Waals surface area contributed by atoms with Gasteiger partial charge in [-0.15, -0.1) is 0 Å². The van der Waals surface area contributed by atoms with E-state index in [9.17, 15) is 18.0 Å². The fraction of sp³-hybridized carbons (Fsp3) is 0. The van der Waals surface area contributed by atoms with Gasteiger partial charge in [-0.3, -0.25) is 0 Å². The van der Waals surface area contributed by atoms with Gasteiger partial charge in [0.2, 0.25) is 0 Å². The first-order valence-corrected chi connectivity index (χ1v) is 5.75. The van der Waals surface area contributed by atoms with Crippen LogP contribution in [0.15, 0.2) is 42.7 Å². The molecule has 3 aromatic rings. The highest BCUT2D eigenvalue weighted by Crippen LogP contribution is 2.14. The number of hydrogen-bond acceptors (Lipinski definition) is 2. The molecule has 2 N–H and O–H groups in total. The molecule has 1 heterocycles. The summed E-state index contributed by atoms with van der Waals surface area (Å²) in [7, 11) is 0. The SMILES string of the molecule is O=C(O)c1ccc(F)c(F)c1F.c1ccc2[nH]cnc2c1. The third-order valence-electron chi connectivity index (χ3n) is 2.59. The zero-order valence-electron chi connectivity index (χ0n) is 10.5. The maximum Gasteiger partial charge on any atom is 0.338 e. The number of fused-ring (bicyclic) bond motifs is 1. The van der Waals surface area contributed by atoms with Gasteiger partial charge in [-0.25, -0.2) is 22.9 Å². The van der Waals surface area contributed by atoms with Gasteiger partial charge in [-0.1, -0.05) is 12.1 Å². The van der Waals surface area contributed by atoms with Crippen LogP contribution in [-0.4, -0.2) is 21.0 Å². The lowest BCUT2D eigenvalue weighted by atomic mass is 10.2. The van der Waals surface area contributed by atoms with Gasteiger partial charge in [0.05, 0.1) is 22.9 Å². The Morgan fingerprint density at radius 2 is 1.76 bits per heavy atom. The molecule has 0 aliphatic heterocycles. The number of nitrogens with one attached hydrogen (secondary N) is 1. The van der Waals surface area contributed by atoms with Crippen LogP contribution in [0.2, 0.25) is 0 Å². The van der Waals surface area contributed by atoms with Crippen LogP contribution in [0.25, 0.3) is 11.0 Å². The van der Waals surface area contributed by atoms with Gasteiger partial charge in [0.1, 0.15) is 0 Å². The van der Waals surface area contributed by atoms with Gasteiger partial charge < -0.3 is 10.1 Å². The van der Waals surface area contributed by atoms with E-state index in [4.69, 9.17) is 5.11 Å². The average Bonchev–Trinajstić information content (AvgIpc) is 2.93. The Kier molecular flexibility index (Phi) is 4.22. The molecule has 0 aliphatic carbocycles. The number of carboxylic acids is 1. The number of halogens is 3. The summed E-state index contributed by atoms with van der Waals surface area (Å²) in [6, 6.07) is 9.16. The fourth-order valence-electron chi connectivity index (χ4n) is 1.57. The van der Waals surface area contributed by atoms with Gasteiger partial charge in [0, 0.05) is 0 Å². The van der Waals surface area contributed by atoms with Crippen molar-refractivity contribution in [3.05, 3.63) is 65.7 Å². The van der Waals surface area contributed by atoms with E-state index in [1.807, 2.05) is 24.3 Å². The molecular weight excluding hydrogens is 285 g/mol. The lowest BCUT2D eigenvalue weighted by molar-refractivity contribution is 0.0690. The van der Waals surface area contributed by atoms with Crippen molar-refractivity contribution in [1.29, 1.82) is 0 Å². The molecule has 2 aromatic carbocycles. The largest absolute Gasteiger partial charge is 0.478 e. The molecule has 0 radical (unpaired) electrons. The van der Waals surface area contributed by atoms with Gasteiger partial charge in [-0.05, 0) is 24.3 Å². The zero-order valence-corrected chi connectivity index (χ0v) is 10.5. The molecule has 108 valence electrons. The van der Waals surface area contributed by atoms with E-state index in [1.165, 1.54) is 0 Å². The predicted octanol–water partition coefficient (Wildman–Crippen LogP) is 3.37. The van der Waals surface area contributed by atoms with E-state index in [2.05, 4.69) is 9.97 Å². The maximum atomic E-state index is 12.5. The summed E-state index contributed by atoms with van der Waals surface area (Å²) >= 11 is 0. The summed E-state index contributed by atoms with van der Waals surface area (Å²) in [5, 5.41) is 8.25. The number of aromatic carboxylic acids is 1. The summed E-state index contributed by atoms with van der Waals surface area (Å²) in [5.41, 5.74) is 1.24. The van der Waals surface area contributed by atoms with Crippen molar-refractivity contribution in [3.8, 4) is 0 Å². The molecule has 0 spiro atoms. The van der Waals surface area contributed by atoms with Crippen LogP contribution in [0, 0.1) is 17.5 Å². The number of carboxylic acid groups (broad SMARTS) is 1. The summed E-state index contributed by atoms with van der Waals surface area (Å²) in [6.07, 6.45) is 1.70. The molecular formula is C14H9F3N2O2. The number of hydrogen-bond donors (Lipinski definition) is 2. The molecule has 0 aliphatic rings. The van der Waals surface area contributed by atoms with E-state index in [0.717, 1.165) is 11.0 Å². The van der Waals surface area contributed by atoms with Crippen molar-refractivity contribution in [2.24, 2.45) is 0 Å². The first-order chi connectivity index (χ1) is 10.0. The quantitative estimate of drug-likeness (QED) is 0.676. The van der Waals surface area contributed by atoms with Gasteiger partial charge in [-0.2, -0.15) is 0 Å². The highest BCUT2D eigenvalue weighted by atomic mass is 19.2. The summed E-state index contributed by atoms with van der Waals surface area (Å²) < 4.78 is 37.1. The standard InChI is InChI=1S/C7H3F3O2.C7H6N2/c8-4-2-1-3(7(11)12)5(9)6(4)10;1-2-4-7-6(3-1)8-5-9-7/h1-2H,(H,11,12);1-5H,(H,8,9). The number of rotatable bonds is 1. The Labute approximate surface area is 116 Å². The number of carbonyl (C=O) groups is 1. The number of benzene rings is 2. The highest BCUT2D eigenvalue weighted by molar-refractivity contribution is 5.87. The second kappa shape index (κ2) is 6.08. The third kappa shape index (κ3) is 3.19. The first-order valence-electron chi connectivity index (χ1n) is 5.75. The normalized spacial score (nSPS) is 10.0. The molecule has 4 nitrogen and oxygen atoms in total. The van der Waals surface area contributed by atoms with Crippen molar-refractivity contribution in [2.75, 3.05) is 0 Å². The lowest BCUT2D eigenvalue weighted by Gasteiger charge is -1.98. The number of nitrogens with zero attached hydrogens (tertiary/aromatic N) is 1. The van der Waals surface area contributed by atoms with Crippen LogP contribution in [0.4, 0.5) is 13.2 Å². The third-order valence-corrected chi connectivity index (χ3v) is 2.59. The minimum absolute atomic E-state index is 0.557. The van der Waals surface area contributed by atoms with Gasteiger partial charge >= 0.3 is 5.97 Å². The molecule has 0 fully saturated rings. The fourth-order valence-corrected chi connectivity index (χ4v) is 1.57. The predicted molar refractivity (Wildman–Crippen MR) is 69.4 cm³/mol. The second-order valence-corrected chi connectivity index (χ2v) is 3.95. The Balaban J connectivity index is 0.000000159. The summed E-state index contributed by atoms with van der Waals surface area (Å²) in [4.78, 5) is 17.2.